The Labute approximate surface area is 133 Å². The van der Waals surface area contributed by atoms with Crippen LogP contribution in [0.3, 0.4) is 0 Å². The smallest absolute Gasteiger partial charge is 0.241 e. The summed E-state index contributed by atoms with van der Waals surface area (Å²) in [6.45, 7) is 2.62. The molecule has 0 unspecified atom stereocenters. The fraction of sp³-hybridized carbons (Fsp3) is 0.200. The van der Waals surface area contributed by atoms with Gasteiger partial charge in [0.15, 0.2) is 0 Å². The van der Waals surface area contributed by atoms with Crippen molar-refractivity contribution in [1.29, 1.82) is 0 Å². The van der Waals surface area contributed by atoms with E-state index in [1.165, 1.54) is 0 Å². The molecule has 2 rings (SSSR count). The van der Waals surface area contributed by atoms with E-state index in [9.17, 15) is 8.42 Å². The number of hydrogen-bond acceptors (Lipinski definition) is 3. The molecular weight excluding hydrogens is 352 g/mol. The summed E-state index contributed by atoms with van der Waals surface area (Å²) in [5.41, 5.74) is 8.47. The highest BCUT2D eigenvalue weighted by Gasteiger charge is 2.17. The molecule has 0 atom stereocenters. The van der Waals surface area contributed by atoms with Gasteiger partial charge in [-0.05, 0) is 46.1 Å². The van der Waals surface area contributed by atoms with Crippen LogP contribution >= 0.6 is 15.9 Å². The zero-order chi connectivity index (χ0) is 15.5. The van der Waals surface area contributed by atoms with E-state index < -0.39 is 10.0 Å². The SMILES string of the molecule is Cc1ccc(CNS(=O)(=O)c2ccc(CN)cc2Br)cc1. The lowest BCUT2D eigenvalue weighted by Gasteiger charge is -2.10. The average molecular weight is 369 g/mol. The lowest BCUT2D eigenvalue weighted by molar-refractivity contribution is 0.581. The maximum absolute atomic E-state index is 12.3. The van der Waals surface area contributed by atoms with Crippen molar-refractivity contribution in [3.05, 3.63) is 63.6 Å². The zero-order valence-electron chi connectivity index (χ0n) is 11.6. The second-order valence-electron chi connectivity index (χ2n) is 4.78. The van der Waals surface area contributed by atoms with E-state index in [0.717, 1.165) is 16.7 Å². The van der Waals surface area contributed by atoms with Crippen molar-refractivity contribution in [2.24, 2.45) is 5.73 Å². The summed E-state index contributed by atoms with van der Waals surface area (Å²) in [5.74, 6) is 0. The van der Waals surface area contributed by atoms with Gasteiger partial charge in [0.05, 0.1) is 4.90 Å². The molecule has 2 aromatic rings. The average Bonchev–Trinajstić information content (AvgIpc) is 2.46. The zero-order valence-corrected chi connectivity index (χ0v) is 14.0. The van der Waals surface area contributed by atoms with Crippen molar-refractivity contribution >= 4 is 26.0 Å². The minimum atomic E-state index is -3.56. The topological polar surface area (TPSA) is 72.2 Å². The third-order valence-corrected chi connectivity index (χ3v) is 5.49. The number of benzene rings is 2. The number of rotatable bonds is 5. The van der Waals surface area contributed by atoms with Gasteiger partial charge >= 0.3 is 0 Å². The minimum absolute atomic E-state index is 0.215. The minimum Gasteiger partial charge on any atom is -0.326 e. The number of halogens is 1. The van der Waals surface area contributed by atoms with Gasteiger partial charge in [0, 0.05) is 17.6 Å². The predicted octanol–water partition coefficient (Wildman–Crippen LogP) is 2.69. The molecular formula is C15H17BrN2O2S. The number of sulfonamides is 1. The van der Waals surface area contributed by atoms with Crippen LogP contribution in [0.4, 0.5) is 0 Å². The fourth-order valence-electron chi connectivity index (χ4n) is 1.85. The summed E-state index contributed by atoms with van der Waals surface area (Å²) in [5, 5.41) is 0. The Morgan fingerprint density at radius 3 is 2.29 bits per heavy atom. The maximum Gasteiger partial charge on any atom is 0.241 e. The number of nitrogens with two attached hydrogens (primary N) is 1. The second kappa shape index (κ2) is 6.70. The summed E-state index contributed by atoms with van der Waals surface area (Å²) in [7, 11) is -3.56. The molecule has 0 amide bonds. The van der Waals surface area contributed by atoms with Gasteiger partial charge in [0.25, 0.3) is 0 Å². The van der Waals surface area contributed by atoms with E-state index in [1.54, 1.807) is 18.2 Å². The molecule has 6 heteroatoms. The van der Waals surface area contributed by atoms with Crippen molar-refractivity contribution in [2.75, 3.05) is 0 Å². The van der Waals surface area contributed by atoms with Gasteiger partial charge in [-0.15, -0.1) is 0 Å². The largest absolute Gasteiger partial charge is 0.326 e. The Kier molecular flexibility index (Phi) is 5.16. The molecule has 0 aromatic heterocycles. The molecule has 3 N–H and O–H groups in total. The Morgan fingerprint density at radius 1 is 1.10 bits per heavy atom. The first-order chi connectivity index (χ1) is 9.92. The fourth-order valence-corrected chi connectivity index (χ4v) is 3.99. The molecule has 0 aliphatic heterocycles. The molecule has 0 bridgehead atoms. The Balaban J connectivity index is 2.16. The maximum atomic E-state index is 12.3. The second-order valence-corrected chi connectivity index (χ2v) is 7.37. The lowest BCUT2D eigenvalue weighted by atomic mass is 10.2. The quantitative estimate of drug-likeness (QED) is 0.851. The summed E-state index contributed by atoms with van der Waals surface area (Å²) < 4.78 is 27.8. The van der Waals surface area contributed by atoms with Crippen molar-refractivity contribution in [3.8, 4) is 0 Å². The summed E-state index contributed by atoms with van der Waals surface area (Å²) in [6.07, 6.45) is 0. The Bertz CT molecular complexity index is 728. The third kappa shape index (κ3) is 4.14. The van der Waals surface area contributed by atoms with Gasteiger partial charge in [-0.3, -0.25) is 0 Å². The molecule has 4 nitrogen and oxygen atoms in total. The third-order valence-electron chi connectivity index (χ3n) is 3.11. The van der Waals surface area contributed by atoms with Crippen LogP contribution in [0.2, 0.25) is 0 Å². The Morgan fingerprint density at radius 2 is 1.71 bits per heavy atom. The molecule has 21 heavy (non-hydrogen) atoms. The van der Waals surface area contributed by atoms with Gasteiger partial charge in [-0.1, -0.05) is 35.9 Å². The highest BCUT2D eigenvalue weighted by atomic mass is 79.9. The van der Waals surface area contributed by atoms with E-state index in [2.05, 4.69) is 20.7 Å². The first-order valence-electron chi connectivity index (χ1n) is 6.46. The summed E-state index contributed by atoms with van der Waals surface area (Å²) in [4.78, 5) is 0.215. The van der Waals surface area contributed by atoms with Gasteiger partial charge < -0.3 is 5.73 Å². The highest BCUT2D eigenvalue weighted by molar-refractivity contribution is 9.10. The van der Waals surface area contributed by atoms with Gasteiger partial charge in [-0.25, -0.2) is 13.1 Å². The predicted molar refractivity (Wildman–Crippen MR) is 87.2 cm³/mol. The van der Waals surface area contributed by atoms with Crippen LogP contribution in [-0.2, 0) is 23.1 Å². The first kappa shape index (κ1) is 16.2. The van der Waals surface area contributed by atoms with Gasteiger partial charge in [-0.2, -0.15) is 0 Å². The first-order valence-corrected chi connectivity index (χ1v) is 8.74. The van der Waals surface area contributed by atoms with Crippen molar-refractivity contribution in [2.45, 2.75) is 24.9 Å². The lowest BCUT2D eigenvalue weighted by Crippen LogP contribution is -2.23. The molecule has 0 heterocycles. The van der Waals surface area contributed by atoms with Crippen LogP contribution in [0, 0.1) is 6.92 Å². The molecule has 0 radical (unpaired) electrons. The van der Waals surface area contributed by atoms with Crippen LogP contribution < -0.4 is 10.5 Å². The van der Waals surface area contributed by atoms with Crippen molar-refractivity contribution in [1.82, 2.24) is 4.72 Å². The Hall–Kier alpha value is -1.21. The molecule has 0 fully saturated rings. The van der Waals surface area contributed by atoms with Crippen LogP contribution in [0.5, 0.6) is 0 Å². The van der Waals surface area contributed by atoms with Crippen LogP contribution in [0.15, 0.2) is 51.8 Å². The van der Waals surface area contributed by atoms with Crippen LogP contribution in [0.25, 0.3) is 0 Å². The van der Waals surface area contributed by atoms with E-state index >= 15 is 0 Å². The highest BCUT2D eigenvalue weighted by Crippen LogP contribution is 2.23. The number of hydrogen-bond donors (Lipinski definition) is 2. The normalized spacial score (nSPS) is 11.6. The van der Waals surface area contributed by atoms with E-state index in [1.807, 2.05) is 31.2 Å². The van der Waals surface area contributed by atoms with Gasteiger partial charge in [0.2, 0.25) is 10.0 Å². The standard InChI is InChI=1S/C15H17BrN2O2S/c1-11-2-4-12(5-3-11)10-18-21(19,20)15-7-6-13(9-17)8-14(15)16/h2-8,18H,9-10,17H2,1H3. The number of aryl methyl sites for hydroxylation is 1. The van der Waals surface area contributed by atoms with E-state index in [0.29, 0.717) is 11.0 Å². The molecule has 2 aromatic carbocycles. The summed E-state index contributed by atoms with van der Waals surface area (Å²) in [6, 6.07) is 12.7. The number of nitrogens with one attached hydrogen (secondary N) is 1. The molecule has 0 saturated carbocycles. The van der Waals surface area contributed by atoms with Crippen LogP contribution in [-0.4, -0.2) is 8.42 Å². The molecule has 0 spiro atoms. The van der Waals surface area contributed by atoms with E-state index in [-0.39, 0.29) is 11.4 Å². The van der Waals surface area contributed by atoms with Gasteiger partial charge in [0.1, 0.15) is 0 Å². The molecule has 0 saturated heterocycles. The summed E-state index contributed by atoms with van der Waals surface area (Å²) >= 11 is 3.28. The molecule has 112 valence electrons. The molecule has 0 aliphatic carbocycles. The molecule has 0 aliphatic rings. The van der Waals surface area contributed by atoms with E-state index in [4.69, 9.17) is 5.73 Å². The van der Waals surface area contributed by atoms with Crippen molar-refractivity contribution in [3.63, 3.8) is 0 Å². The monoisotopic (exact) mass is 368 g/mol. The van der Waals surface area contributed by atoms with Crippen LogP contribution in [0.1, 0.15) is 16.7 Å². The van der Waals surface area contributed by atoms with Crippen molar-refractivity contribution < 1.29 is 8.42 Å².